The van der Waals surface area contributed by atoms with Gasteiger partial charge in [-0.15, -0.1) is 24.0 Å². The van der Waals surface area contributed by atoms with Crippen molar-refractivity contribution in [2.45, 2.75) is 32.7 Å². The minimum atomic E-state index is -0.363. The number of carbonyl (C=O) groups is 3. The summed E-state index contributed by atoms with van der Waals surface area (Å²) in [7, 11) is 0. The van der Waals surface area contributed by atoms with E-state index in [0.717, 1.165) is 13.0 Å². The third-order valence-corrected chi connectivity index (χ3v) is 4.06. The fourth-order valence-electron chi connectivity index (χ4n) is 2.78. The van der Waals surface area contributed by atoms with E-state index >= 15 is 0 Å². The second-order valence-corrected chi connectivity index (χ2v) is 5.79. The van der Waals surface area contributed by atoms with Crippen LogP contribution in [-0.2, 0) is 9.59 Å². The lowest BCUT2D eigenvalue weighted by Crippen LogP contribution is -2.45. The Balaban J connectivity index is 0.00000312. The number of aliphatic imine (C=N–C) groups is 1. The Morgan fingerprint density at radius 2 is 2.12 bits per heavy atom. The summed E-state index contributed by atoms with van der Waals surface area (Å²) in [6.45, 7) is 6.62. The number of hydrogen-bond acceptors (Lipinski definition) is 4. The van der Waals surface area contributed by atoms with Crippen molar-refractivity contribution in [2.75, 3.05) is 39.3 Å². The number of carbonyl (C=O) groups excluding carboxylic acids is 3. The van der Waals surface area contributed by atoms with E-state index in [1.54, 1.807) is 0 Å². The molecule has 2 rings (SSSR count). The van der Waals surface area contributed by atoms with Crippen LogP contribution >= 0.6 is 24.0 Å². The van der Waals surface area contributed by atoms with Crippen molar-refractivity contribution in [1.29, 1.82) is 0 Å². The molecule has 0 spiro atoms. The van der Waals surface area contributed by atoms with Gasteiger partial charge in [-0.25, -0.2) is 4.79 Å². The molecule has 3 N–H and O–H groups in total. The third-order valence-electron chi connectivity index (χ3n) is 4.06. The minimum Gasteiger partial charge on any atom is -0.357 e. The zero-order chi connectivity index (χ0) is 17.5. The molecule has 25 heavy (non-hydrogen) atoms. The molecule has 0 saturated carbocycles. The van der Waals surface area contributed by atoms with Gasteiger partial charge in [0.05, 0.1) is 19.6 Å². The average Bonchev–Trinajstić information content (AvgIpc) is 3.15. The van der Waals surface area contributed by atoms with Crippen LogP contribution in [0.4, 0.5) is 4.79 Å². The zero-order valence-electron chi connectivity index (χ0n) is 14.7. The van der Waals surface area contributed by atoms with Crippen LogP contribution in [0.3, 0.4) is 0 Å². The van der Waals surface area contributed by atoms with Gasteiger partial charge in [0.2, 0.25) is 11.8 Å². The van der Waals surface area contributed by atoms with Crippen molar-refractivity contribution in [3.63, 3.8) is 0 Å². The van der Waals surface area contributed by atoms with Crippen LogP contribution in [0, 0.1) is 0 Å². The molecule has 2 saturated heterocycles. The molecule has 0 aromatic rings. The molecular weight excluding hydrogens is 439 g/mol. The smallest absolute Gasteiger partial charge is 0.324 e. The predicted molar refractivity (Wildman–Crippen MR) is 105 cm³/mol. The molecule has 1 unspecified atom stereocenters. The Morgan fingerprint density at radius 1 is 1.36 bits per heavy atom. The van der Waals surface area contributed by atoms with Crippen LogP contribution in [0.15, 0.2) is 4.99 Å². The Labute approximate surface area is 165 Å². The van der Waals surface area contributed by atoms with Crippen molar-refractivity contribution in [2.24, 2.45) is 4.99 Å². The number of imide groups is 1. The molecule has 9 nitrogen and oxygen atoms in total. The van der Waals surface area contributed by atoms with Crippen LogP contribution in [0.5, 0.6) is 0 Å². The molecule has 10 heteroatoms. The van der Waals surface area contributed by atoms with Crippen molar-refractivity contribution < 1.29 is 14.4 Å². The van der Waals surface area contributed by atoms with E-state index in [4.69, 9.17) is 0 Å². The molecule has 4 amide bonds. The predicted octanol–water partition coefficient (Wildman–Crippen LogP) is -0.278. The Kier molecular flexibility index (Phi) is 8.93. The Bertz CT molecular complexity index is 511. The van der Waals surface area contributed by atoms with E-state index in [9.17, 15) is 14.4 Å². The maximum atomic E-state index is 11.7. The maximum Gasteiger partial charge on any atom is 0.324 e. The van der Waals surface area contributed by atoms with E-state index in [1.807, 2.05) is 18.7 Å². The molecule has 0 bridgehead atoms. The Morgan fingerprint density at radius 3 is 2.72 bits per heavy atom. The third kappa shape index (κ3) is 6.01. The van der Waals surface area contributed by atoms with Gasteiger partial charge < -0.3 is 20.9 Å². The van der Waals surface area contributed by atoms with Crippen LogP contribution in [0.1, 0.15) is 26.7 Å². The van der Waals surface area contributed by atoms with Gasteiger partial charge in [0.25, 0.3) is 0 Å². The standard InChI is InChI=1S/C15H26N6O3.HI/c1-3-12(22)20-7-5-11(10-20)19-14(16-4-2)17-6-8-21-13(23)9-18-15(21)24;/h11H,3-10H2,1-2H3,(H,18,24)(H2,16,17,19);1H. The van der Waals surface area contributed by atoms with Gasteiger partial charge in [-0.1, -0.05) is 6.92 Å². The van der Waals surface area contributed by atoms with Gasteiger partial charge in [-0.3, -0.25) is 19.5 Å². The van der Waals surface area contributed by atoms with Crippen molar-refractivity contribution >= 4 is 47.8 Å². The highest BCUT2D eigenvalue weighted by molar-refractivity contribution is 14.0. The molecule has 0 aromatic heterocycles. The molecule has 0 radical (unpaired) electrons. The molecule has 2 aliphatic rings. The first kappa shape index (κ1) is 21.5. The van der Waals surface area contributed by atoms with Crippen LogP contribution in [0.25, 0.3) is 0 Å². The quantitative estimate of drug-likeness (QED) is 0.216. The number of likely N-dealkylation sites (tertiary alicyclic amines) is 1. The molecule has 142 valence electrons. The lowest BCUT2D eigenvalue weighted by Gasteiger charge is -2.19. The molecule has 0 aliphatic carbocycles. The lowest BCUT2D eigenvalue weighted by atomic mass is 10.3. The second kappa shape index (κ2) is 10.4. The molecule has 2 heterocycles. The SMILES string of the molecule is CCNC(=NCCN1C(=O)CNC1=O)NC1CCN(C(=O)CC)C1.I. The number of nitrogens with zero attached hydrogens (tertiary/aromatic N) is 3. The first-order chi connectivity index (χ1) is 11.5. The van der Waals surface area contributed by atoms with E-state index in [0.29, 0.717) is 32.0 Å². The summed E-state index contributed by atoms with van der Waals surface area (Å²) < 4.78 is 0. The number of hydrogen-bond donors (Lipinski definition) is 3. The van der Waals surface area contributed by atoms with Gasteiger partial charge in [0.1, 0.15) is 0 Å². The van der Waals surface area contributed by atoms with E-state index in [1.165, 1.54) is 4.90 Å². The normalized spacial score (nSPS) is 20.4. The largest absolute Gasteiger partial charge is 0.357 e. The van der Waals surface area contributed by atoms with Gasteiger partial charge in [0, 0.05) is 32.1 Å². The number of amides is 4. The molecular formula is C15H27IN6O3. The van der Waals surface area contributed by atoms with Crippen molar-refractivity contribution in [3.05, 3.63) is 0 Å². The summed E-state index contributed by atoms with van der Waals surface area (Å²) in [5, 5.41) is 8.94. The molecule has 2 aliphatic heterocycles. The van der Waals surface area contributed by atoms with Crippen molar-refractivity contribution in [3.8, 4) is 0 Å². The van der Waals surface area contributed by atoms with Crippen LogP contribution in [-0.4, -0.2) is 78.9 Å². The zero-order valence-corrected chi connectivity index (χ0v) is 17.0. The summed E-state index contributed by atoms with van der Waals surface area (Å²) >= 11 is 0. The van der Waals surface area contributed by atoms with Gasteiger partial charge >= 0.3 is 6.03 Å². The topological polar surface area (TPSA) is 106 Å². The molecule has 0 aromatic carbocycles. The highest BCUT2D eigenvalue weighted by atomic mass is 127. The highest BCUT2D eigenvalue weighted by Gasteiger charge is 2.28. The fourth-order valence-corrected chi connectivity index (χ4v) is 2.78. The summed E-state index contributed by atoms with van der Waals surface area (Å²) in [4.78, 5) is 42.2. The summed E-state index contributed by atoms with van der Waals surface area (Å²) in [6, 6.07) is -0.201. The van der Waals surface area contributed by atoms with Gasteiger partial charge in [-0.2, -0.15) is 0 Å². The molecule has 2 fully saturated rings. The first-order valence-corrected chi connectivity index (χ1v) is 8.46. The number of halogens is 1. The van der Waals surface area contributed by atoms with Gasteiger partial charge in [0.15, 0.2) is 5.96 Å². The summed E-state index contributed by atoms with van der Waals surface area (Å²) in [5.74, 6) is 0.581. The number of rotatable bonds is 6. The first-order valence-electron chi connectivity index (χ1n) is 8.46. The summed E-state index contributed by atoms with van der Waals surface area (Å²) in [5.41, 5.74) is 0. The van der Waals surface area contributed by atoms with Gasteiger partial charge in [-0.05, 0) is 13.3 Å². The summed E-state index contributed by atoms with van der Waals surface area (Å²) in [6.07, 6.45) is 1.40. The van der Waals surface area contributed by atoms with Crippen LogP contribution in [0.2, 0.25) is 0 Å². The van der Waals surface area contributed by atoms with E-state index < -0.39 is 0 Å². The Hall–Kier alpha value is -1.59. The number of urea groups is 1. The second-order valence-electron chi connectivity index (χ2n) is 5.79. The highest BCUT2D eigenvalue weighted by Crippen LogP contribution is 2.10. The van der Waals surface area contributed by atoms with Crippen molar-refractivity contribution in [1.82, 2.24) is 25.8 Å². The van der Waals surface area contributed by atoms with E-state index in [2.05, 4.69) is 20.9 Å². The van der Waals surface area contributed by atoms with Crippen LogP contribution < -0.4 is 16.0 Å². The monoisotopic (exact) mass is 466 g/mol. The minimum absolute atomic E-state index is 0. The lowest BCUT2D eigenvalue weighted by molar-refractivity contribution is -0.129. The number of guanidine groups is 1. The molecule has 1 atom stereocenters. The average molecular weight is 466 g/mol. The number of nitrogens with one attached hydrogen (secondary N) is 3. The fraction of sp³-hybridized carbons (Fsp3) is 0.733. The van der Waals surface area contributed by atoms with E-state index in [-0.39, 0.29) is 61.0 Å². The maximum absolute atomic E-state index is 11.7.